The van der Waals surface area contributed by atoms with Crippen molar-refractivity contribution in [3.05, 3.63) is 0 Å². The van der Waals surface area contributed by atoms with Crippen LogP contribution in [0.1, 0.15) is 40.0 Å². The summed E-state index contributed by atoms with van der Waals surface area (Å²) in [5.74, 6) is 0.0428. The molecule has 0 spiro atoms. The van der Waals surface area contributed by atoms with Crippen molar-refractivity contribution in [3.8, 4) is 0 Å². The fourth-order valence-corrected chi connectivity index (χ4v) is 0.871. The van der Waals surface area contributed by atoms with Gasteiger partial charge in [0.25, 0.3) is 0 Å². The highest BCUT2D eigenvalue weighted by atomic mass is 16.3. The lowest BCUT2D eigenvalue weighted by molar-refractivity contribution is -0.129. The van der Waals surface area contributed by atoms with Crippen LogP contribution in [0.25, 0.3) is 0 Å². The van der Waals surface area contributed by atoms with Gasteiger partial charge in [0, 0.05) is 6.42 Å². The smallest absolute Gasteiger partial charge is 0.161 e. The van der Waals surface area contributed by atoms with Crippen molar-refractivity contribution in [2.75, 3.05) is 0 Å². The zero-order valence-electron chi connectivity index (χ0n) is 7.63. The molecule has 2 heteroatoms. The summed E-state index contributed by atoms with van der Waals surface area (Å²) < 4.78 is 0. The number of aliphatic hydroxyl groups is 1. The number of hydrogen-bond donors (Lipinski definition) is 1. The Morgan fingerprint density at radius 1 is 1.45 bits per heavy atom. The summed E-state index contributed by atoms with van der Waals surface area (Å²) in [6.07, 6.45) is 1.68. The molecule has 0 saturated carbocycles. The number of carbonyl (C=O) groups is 1. The monoisotopic (exact) mass is 158 g/mol. The molecule has 0 bridgehead atoms. The number of rotatable bonds is 5. The third-order valence-corrected chi connectivity index (χ3v) is 1.74. The zero-order chi connectivity index (χ0) is 8.85. The molecule has 2 nitrogen and oxygen atoms in total. The molecule has 66 valence electrons. The van der Waals surface area contributed by atoms with E-state index in [-0.39, 0.29) is 11.7 Å². The van der Waals surface area contributed by atoms with E-state index in [0.717, 1.165) is 12.8 Å². The summed E-state index contributed by atoms with van der Waals surface area (Å²) in [7, 11) is 0. The molecular formula is C9H18O2. The molecule has 11 heavy (non-hydrogen) atoms. The predicted octanol–water partition coefficient (Wildman–Crippen LogP) is 1.76. The fraction of sp³-hybridized carbons (Fsp3) is 0.889. The number of unbranched alkanes of at least 4 members (excludes halogenated alkanes) is 1. The van der Waals surface area contributed by atoms with Gasteiger partial charge >= 0.3 is 0 Å². The number of hydrogen-bond acceptors (Lipinski definition) is 2. The van der Waals surface area contributed by atoms with Crippen LogP contribution in [0.2, 0.25) is 0 Å². The highest BCUT2D eigenvalue weighted by molar-refractivity contribution is 5.82. The molecule has 0 aliphatic rings. The van der Waals surface area contributed by atoms with Crippen LogP contribution in [0.5, 0.6) is 0 Å². The van der Waals surface area contributed by atoms with Gasteiger partial charge in [0.05, 0.1) is 0 Å². The molecule has 1 atom stereocenters. The molecule has 0 aromatic heterocycles. The van der Waals surface area contributed by atoms with E-state index in [9.17, 15) is 9.90 Å². The van der Waals surface area contributed by atoms with Crippen LogP contribution < -0.4 is 0 Å². The Balaban J connectivity index is 3.64. The standard InChI is InChI=1S/C9H18O2/c1-4-5-6-8(10)9(11)7(2)3/h7,9,11H,4-6H2,1-3H3. The van der Waals surface area contributed by atoms with Gasteiger partial charge in [0.2, 0.25) is 0 Å². The average Bonchev–Trinajstić information content (AvgIpc) is 1.98. The summed E-state index contributed by atoms with van der Waals surface area (Å²) in [5, 5.41) is 9.27. The molecule has 0 fully saturated rings. The van der Waals surface area contributed by atoms with Crippen molar-refractivity contribution >= 4 is 5.78 Å². The van der Waals surface area contributed by atoms with Crippen LogP contribution in [-0.4, -0.2) is 17.0 Å². The second-order valence-electron chi connectivity index (χ2n) is 3.26. The average molecular weight is 158 g/mol. The SMILES string of the molecule is CCCCC(=O)C(O)C(C)C. The van der Waals surface area contributed by atoms with Gasteiger partial charge in [-0.25, -0.2) is 0 Å². The topological polar surface area (TPSA) is 37.3 Å². The van der Waals surface area contributed by atoms with Crippen molar-refractivity contribution < 1.29 is 9.90 Å². The highest BCUT2D eigenvalue weighted by Gasteiger charge is 2.17. The van der Waals surface area contributed by atoms with E-state index in [2.05, 4.69) is 0 Å². The maximum atomic E-state index is 11.1. The van der Waals surface area contributed by atoms with Gasteiger partial charge in [-0.05, 0) is 12.3 Å². The molecular weight excluding hydrogens is 140 g/mol. The molecule has 1 N–H and O–H groups in total. The minimum atomic E-state index is -0.749. The van der Waals surface area contributed by atoms with E-state index in [1.54, 1.807) is 0 Å². The molecule has 0 amide bonds. The summed E-state index contributed by atoms with van der Waals surface area (Å²) in [4.78, 5) is 11.1. The van der Waals surface area contributed by atoms with Crippen molar-refractivity contribution in [1.82, 2.24) is 0 Å². The van der Waals surface area contributed by atoms with Crippen molar-refractivity contribution in [2.24, 2.45) is 5.92 Å². The van der Waals surface area contributed by atoms with Gasteiger partial charge in [-0.15, -0.1) is 0 Å². The Labute approximate surface area is 68.6 Å². The lowest BCUT2D eigenvalue weighted by Crippen LogP contribution is -2.25. The Morgan fingerprint density at radius 2 is 2.00 bits per heavy atom. The first-order valence-electron chi connectivity index (χ1n) is 4.30. The van der Waals surface area contributed by atoms with Crippen molar-refractivity contribution in [2.45, 2.75) is 46.1 Å². The van der Waals surface area contributed by atoms with E-state index >= 15 is 0 Å². The van der Waals surface area contributed by atoms with Gasteiger partial charge in [0.15, 0.2) is 5.78 Å². The number of Topliss-reactive ketones (excluding diaryl/α,β-unsaturated/α-hetero) is 1. The zero-order valence-corrected chi connectivity index (χ0v) is 7.63. The Bertz CT molecular complexity index is 119. The van der Waals surface area contributed by atoms with Crippen LogP contribution in [0.3, 0.4) is 0 Å². The minimum absolute atomic E-state index is 0.0122. The molecule has 0 aliphatic heterocycles. The van der Waals surface area contributed by atoms with E-state index in [4.69, 9.17) is 0 Å². The number of carbonyl (C=O) groups excluding carboxylic acids is 1. The normalized spacial score (nSPS) is 13.5. The second kappa shape index (κ2) is 5.30. The lowest BCUT2D eigenvalue weighted by atomic mass is 10.00. The summed E-state index contributed by atoms with van der Waals surface area (Å²) in [6, 6.07) is 0. The summed E-state index contributed by atoms with van der Waals surface area (Å²) in [5.41, 5.74) is 0. The molecule has 0 aromatic carbocycles. The number of aliphatic hydroxyl groups excluding tert-OH is 1. The van der Waals surface area contributed by atoms with E-state index in [0.29, 0.717) is 6.42 Å². The predicted molar refractivity (Wildman–Crippen MR) is 45.4 cm³/mol. The van der Waals surface area contributed by atoms with Gasteiger partial charge in [-0.3, -0.25) is 4.79 Å². The highest BCUT2D eigenvalue weighted by Crippen LogP contribution is 2.06. The Hall–Kier alpha value is -0.370. The summed E-state index contributed by atoms with van der Waals surface area (Å²) in [6.45, 7) is 5.75. The quantitative estimate of drug-likeness (QED) is 0.662. The van der Waals surface area contributed by atoms with Crippen molar-refractivity contribution in [3.63, 3.8) is 0 Å². The first kappa shape index (κ1) is 10.6. The third kappa shape index (κ3) is 4.14. The summed E-state index contributed by atoms with van der Waals surface area (Å²) >= 11 is 0. The Kier molecular flexibility index (Phi) is 5.12. The van der Waals surface area contributed by atoms with Crippen molar-refractivity contribution in [1.29, 1.82) is 0 Å². The second-order valence-corrected chi connectivity index (χ2v) is 3.26. The molecule has 0 saturated heterocycles. The van der Waals surface area contributed by atoms with E-state index in [1.807, 2.05) is 20.8 Å². The van der Waals surface area contributed by atoms with Gasteiger partial charge < -0.3 is 5.11 Å². The fourth-order valence-electron chi connectivity index (χ4n) is 0.871. The molecule has 0 rings (SSSR count). The van der Waals surface area contributed by atoms with Crippen LogP contribution >= 0.6 is 0 Å². The maximum Gasteiger partial charge on any atom is 0.161 e. The Morgan fingerprint density at radius 3 is 2.36 bits per heavy atom. The van der Waals surface area contributed by atoms with E-state index in [1.165, 1.54) is 0 Å². The largest absolute Gasteiger partial charge is 0.385 e. The molecule has 1 unspecified atom stereocenters. The molecule has 0 heterocycles. The van der Waals surface area contributed by atoms with Crippen LogP contribution in [0.15, 0.2) is 0 Å². The third-order valence-electron chi connectivity index (χ3n) is 1.74. The van der Waals surface area contributed by atoms with Crippen LogP contribution in [0.4, 0.5) is 0 Å². The van der Waals surface area contributed by atoms with Crippen LogP contribution in [-0.2, 0) is 4.79 Å². The maximum absolute atomic E-state index is 11.1. The van der Waals surface area contributed by atoms with Gasteiger partial charge in [-0.2, -0.15) is 0 Å². The lowest BCUT2D eigenvalue weighted by Gasteiger charge is -2.12. The van der Waals surface area contributed by atoms with Gasteiger partial charge in [-0.1, -0.05) is 27.2 Å². The molecule has 0 aromatic rings. The first-order chi connectivity index (χ1) is 5.09. The number of ketones is 1. The first-order valence-corrected chi connectivity index (χ1v) is 4.30. The molecule has 0 radical (unpaired) electrons. The van der Waals surface area contributed by atoms with Crippen LogP contribution in [0, 0.1) is 5.92 Å². The molecule has 0 aliphatic carbocycles. The minimum Gasteiger partial charge on any atom is -0.385 e. The van der Waals surface area contributed by atoms with E-state index < -0.39 is 6.10 Å². The van der Waals surface area contributed by atoms with Gasteiger partial charge in [0.1, 0.15) is 6.10 Å².